The molecule has 0 saturated carbocycles. The van der Waals surface area contributed by atoms with Crippen molar-refractivity contribution in [3.63, 3.8) is 0 Å². The summed E-state index contributed by atoms with van der Waals surface area (Å²) in [5, 5.41) is 17.4. The summed E-state index contributed by atoms with van der Waals surface area (Å²) in [4.78, 5) is 14.9. The van der Waals surface area contributed by atoms with Crippen molar-refractivity contribution < 1.29 is 20.0 Å². The average molecular weight is 343 g/mol. The molecule has 1 atom stereocenters. The summed E-state index contributed by atoms with van der Waals surface area (Å²) in [6, 6.07) is 0. The molecule has 142 valence electrons. The molecule has 0 amide bonds. The van der Waals surface area contributed by atoms with Gasteiger partial charge in [0.05, 0.1) is 6.10 Å². The van der Waals surface area contributed by atoms with E-state index in [9.17, 15) is 4.79 Å². The average Bonchev–Trinajstić information content (AvgIpc) is 2.57. The fraction of sp³-hybridized carbons (Fsp3) is 0.850. The first kappa shape index (κ1) is 23.1. The van der Waals surface area contributed by atoms with Gasteiger partial charge in [0.25, 0.3) is 0 Å². The van der Waals surface area contributed by atoms with Gasteiger partial charge in [-0.15, -0.1) is 0 Å². The number of carboxylic acids is 1. The second-order valence-electron chi connectivity index (χ2n) is 6.72. The number of hydrogen-bond donors (Lipinski definition) is 2. The first-order valence-electron chi connectivity index (χ1n) is 9.90. The molecular weight excluding hydrogens is 304 g/mol. The van der Waals surface area contributed by atoms with Crippen molar-refractivity contribution in [1.29, 1.82) is 0 Å². The van der Waals surface area contributed by atoms with E-state index in [1.165, 1.54) is 57.4 Å². The Kier molecular flexibility index (Phi) is 17.8. The van der Waals surface area contributed by atoms with Gasteiger partial charge in [0.1, 0.15) is 0 Å². The van der Waals surface area contributed by atoms with Gasteiger partial charge < -0.3 is 5.11 Å². The van der Waals surface area contributed by atoms with E-state index in [1.54, 1.807) is 6.08 Å². The first-order valence-corrected chi connectivity index (χ1v) is 9.90. The van der Waals surface area contributed by atoms with Gasteiger partial charge in [0, 0.05) is 6.08 Å². The van der Waals surface area contributed by atoms with Crippen LogP contribution in [-0.2, 0) is 9.68 Å². The predicted octanol–water partition coefficient (Wildman–Crippen LogP) is 6.36. The zero-order chi connectivity index (χ0) is 17.9. The Bertz CT molecular complexity index is 302. The second-order valence-corrected chi connectivity index (χ2v) is 6.72. The number of carbonyl (C=O) groups is 1. The second kappa shape index (κ2) is 18.5. The zero-order valence-corrected chi connectivity index (χ0v) is 15.5. The highest BCUT2D eigenvalue weighted by Gasteiger charge is 2.08. The van der Waals surface area contributed by atoms with E-state index in [-0.39, 0.29) is 6.10 Å². The maximum atomic E-state index is 10.3. The van der Waals surface area contributed by atoms with Crippen LogP contribution < -0.4 is 0 Å². The number of allylic oxidation sites excluding steroid dienone is 1. The molecule has 0 aromatic rings. The monoisotopic (exact) mass is 342 g/mol. The van der Waals surface area contributed by atoms with Crippen molar-refractivity contribution >= 4 is 5.97 Å². The smallest absolute Gasteiger partial charge is 0.327 e. The summed E-state index contributed by atoms with van der Waals surface area (Å²) in [5.74, 6) is -0.864. The van der Waals surface area contributed by atoms with Gasteiger partial charge >= 0.3 is 5.97 Å². The Morgan fingerprint density at radius 1 is 0.875 bits per heavy atom. The van der Waals surface area contributed by atoms with Crippen LogP contribution in [0.5, 0.6) is 0 Å². The highest BCUT2D eigenvalue weighted by molar-refractivity contribution is 5.79. The van der Waals surface area contributed by atoms with Crippen molar-refractivity contribution in [2.24, 2.45) is 0 Å². The Labute approximate surface area is 148 Å². The van der Waals surface area contributed by atoms with Crippen LogP contribution in [-0.4, -0.2) is 22.4 Å². The highest BCUT2D eigenvalue weighted by Crippen LogP contribution is 2.16. The molecule has 1 unspecified atom stereocenters. The van der Waals surface area contributed by atoms with Gasteiger partial charge in [-0.25, -0.2) is 9.68 Å². The van der Waals surface area contributed by atoms with E-state index in [1.807, 2.05) is 0 Å². The molecule has 0 heterocycles. The fourth-order valence-electron chi connectivity index (χ4n) is 2.93. The maximum absolute atomic E-state index is 10.3. The zero-order valence-electron chi connectivity index (χ0n) is 15.5. The van der Waals surface area contributed by atoms with Crippen LogP contribution in [0.3, 0.4) is 0 Å². The van der Waals surface area contributed by atoms with E-state index in [0.29, 0.717) is 0 Å². The summed E-state index contributed by atoms with van der Waals surface area (Å²) < 4.78 is 0. The lowest BCUT2D eigenvalue weighted by Gasteiger charge is -2.13. The molecule has 0 aliphatic carbocycles. The van der Waals surface area contributed by atoms with Gasteiger partial charge in [-0.2, -0.15) is 0 Å². The van der Waals surface area contributed by atoms with Gasteiger partial charge in [-0.3, -0.25) is 5.26 Å². The molecule has 0 bridgehead atoms. The summed E-state index contributed by atoms with van der Waals surface area (Å²) >= 11 is 0. The lowest BCUT2D eigenvalue weighted by molar-refractivity contribution is -0.281. The third-order valence-electron chi connectivity index (χ3n) is 4.44. The Balaban J connectivity index is 3.35. The van der Waals surface area contributed by atoms with Crippen LogP contribution in [0.25, 0.3) is 0 Å². The number of rotatable bonds is 18. The van der Waals surface area contributed by atoms with Gasteiger partial charge in [-0.05, 0) is 25.7 Å². The molecule has 4 nitrogen and oxygen atoms in total. The number of hydrogen-bond acceptors (Lipinski definition) is 3. The number of unbranched alkanes of at least 4 members (excludes halogenated alkanes) is 11. The summed E-state index contributed by atoms with van der Waals surface area (Å²) in [6.45, 7) is 2.23. The number of aliphatic carboxylic acids is 1. The van der Waals surface area contributed by atoms with Crippen molar-refractivity contribution in [2.45, 2.75) is 109 Å². The summed E-state index contributed by atoms with van der Waals surface area (Å²) in [7, 11) is 0. The fourth-order valence-corrected chi connectivity index (χ4v) is 2.93. The molecule has 0 aliphatic heterocycles. The molecule has 0 aliphatic rings. The third kappa shape index (κ3) is 17.5. The van der Waals surface area contributed by atoms with Crippen LogP contribution in [0.2, 0.25) is 0 Å². The topological polar surface area (TPSA) is 66.8 Å². The van der Waals surface area contributed by atoms with Gasteiger partial charge in [-0.1, -0.05) is 83.6 Å². The van der Waals surface area contributed by atoms with Crippen molar-refractivity contribution in [1.82, 2.24) is 0 Å². The van der Waals surface area contributed by atoms with Crippen molar-refractivity contribution in [2.75, 3.05) is 0 Å². The Hall–Kier alpha value is -0.870. The van der Waals surface area contributed by atoms with Crippen molar-refractivity contribution in [3.8, 4) is 0 Å². The first-order chi connectivity index (χ1) is 11.7. The predicted molar refractivity (Wildman–Crippen MR) is 99.2 cm³/mol. The summed E-state index contributed by atoms with van der Waals surface area (Å²) in [6.07, 6.45) is 20.3. The van der Waals surface area contributed by atoms with E-state index in [0.717, 1.165) is 44.9 Å². The quantitative estimate of drug-likeness (QED) is 0.132. The van der Waals surface area contributed by atoms with Gasteiger partial charge in [0.2, 0.25) is 0 Å². The third-order valence-corrected chi connectivity index (χ3v) is 4.44. The van der Waals surface area contributed by atoms with Crippen LogP contribution in [0.15, 0.2) is 12.2 Å². The van der Waals surface area contributed by atoms with E-state index in [4.69, 9.17) is 10.4 Å². The van der Waals surface area contributed by atoms with Crippen molar-refractivity contribution in [3.05, 3.63) is 12.2 Å². The molecule has 24 heavy (non-hydrogen) atoms. The molecule has 0 aromatic heterocycles. The summed E-state index contributed by atoms with van der Waals surface area (Å²) in [5.41, 5.74) is 0. The Morgan fingerprint density at radius 2 is 1.38 bits per heavy atom. The molecule has 0 saturated heterocycles. The van der Waals surface area contributed by atoms with Crippen LogP contribution in [0.1, 0.15) is 103 Å². The molecule has 2 N–H and O–H groups in total. The van der Waals surface area contributed by atoms with Gasteiger partial charge in [0.15, 0.2) is 0 Å². The van der Waals surface area contributed by atoms with E-state index in [2.05, 4.69) is 11.8 Å². The molecule has 0 spiro atoms. The maximum Gasteiger partial charge on any atom is 0.327 e. The SMILES string of the molecule is CCCCCCCCC(CCCCCCCCC=CC(=O)O)OO. The lowest BCUT2D eigenvalue weighted by atomic mass is 10.0. The minimum atomic E-state index is -0.864. The minimum absolute atomic E-state index is 0.0114. The normalized spacial score (nSPS) is 12.8. The molecule has 0 rings (SSSR count). The van der Waals surface area contributed by atoms with Crippen LogP contribution in [0.4, 0.5) is 0 Å². The number of carboxylic acid groups (broad SMARTS) is 1. The molecule has 4 heteroatoms. The minimum Gasteiger partial charge on any atom is -0.478 e. The molecular formula is C20H38O4. The Morgan fingerprint density at radius 3 is 1.88 bits per heavy atom. The highest BCUT2D eigenvalue weighted by atomic mass is 17.1. The molecule has 0 fully saturated rings. The van der Waals surface area contributed by atoms with Crippen LogP contribution >= 0.6 is 0 Å². The van der Waals surface area contributed by atoms with E-state index < -0.39 is 5.97 Å². The largest absolute Gasteiger partial charge is 0.478 e. The standard InChI is InChI=1S/C20H38O4/c1-2-3-4-5-10-13-16-19(24-23)17-14-11-8-6-7-9-12-15-18-20(21)22/h15,18-19,23H,2-14,16-17H2,1H3,(H,21,22). The van der Waals surface area contributed by atoms with E-state index >= 15 is 0 Å². The molecule has 0 radical (unpaired) electrons. The van der Waals surface area contributed by atoms with Crippen LogP contribution in [0, 0.1) is 0 Å². The molecule has 0 aromatic carbocycles. The lowest BCUT2D eigenvalue weighted by Crippen LogP contribution is -2.10.